The highest BCUT2D eigenvalue weighted by atomic mass is 16.3. The monoisotopic (exact) mass is 143 g/mol. The first kappa shape index (κ1) is 8.02. The van der Waals surface area contributed by atoms with Crippen molar-refractivity contribution in [1.82, 2.24) is 0 Å². The molecule has 0 aromatic carbocycles. The maximum Gasteiger partial charge on any atom is 0.0569 e. The Morgan fingerprint density at radius 1 is 1.20 bits per heavy atom. The number of hydrogen-bond donors (Lipinski definition) is 2. The summed E-state index contributed by atoms with van der Waals surface area (Å²) in [6.07, 6.45) is 1.74. The highest BCUT2D eigenvalue weighted by Gasteiger charge is 2.28. The van der Waals surface area contributed by atoms with Gasteiger partial charge in [0.2, 0.25) is 0 Å². The molecule has 1 saturated carbocycles. The molecule has 0 heterocycles. The van der Waals surface area contributed by atoms with Gasteiger partial charge in [0.25, 0.3) is 0 Å². The summed E-state index contributed by atoms with van der Waals surface area (Å²) in [6, 6.07) is 0.304. The number of rotatable bonds is 0. The molecular weight excluding hydrogens is 126 g/mol. The summed E-state index contributed by atoms with van der Waals surface area (Å²) in [4.78, 5) is 0. The second-order valence-electron chi connectivity index (χ2n) is 3.66. The SMILES string of the molecule is CC1CC(O)C(C)CC1N. The molecule has 0 radical (unpaired) electrons. The fourth-order valence-corrected chi connectivity index (χ4v) is 1.61. The summed E-state index contributed by atoms with van der Waals surface area (Å²) >= 11 is 0. The molecule has 3 N–H and O–H groups in total. The first-order valence-electron chi connectivity index (χ1n) is 4.05. The highest BCUT2D eigenvalue weighted by molar-refractivity contribution is 4.83. The maximum atomic E-state index is 9.41. The van der Waals surface area contributed by atoms with Crippen molar-refractivity contribution >= 4 is 0 Å². The number of aliphatic hydroxyl groups is 1. The van der Waals surface area contributed by atoms with Gasteiger partial charge in [0.05, 0.1) is 6.10 Å². The molecule has 1 aliphatic carbocycles. The van der Waals surface area contributed by atoms with Crippen LogP contribution in [0.3, 0.4) is 0 Å². The van der Waals surface area contributed by atoms with Gasteiger partial charge >= 0.3 is 0 Å². The summed E-state index contributed by atoms with van der Waals surface area (Å²) in [6.45, 7) is 4.18. The van der Waals surface area contributed by atoms with E-state index < -0.39 is 0 Å². The van der Waals surface area contributed by atoms with Crippen molar-refractivity contribution in [2.75, 3.05) is 0 Å². The zero-order valence-electron chi connectivity index (χ0n) is 6.75. The van der Waals surface area contributed by atoms with Crippen LogP contribution in [0.25, 0.3) is 0 Å². The Balaban J connectivity index is 2.46. The predicted octanol–water partition coefficient (Wildman–Crippen LogP) is 0.741. The Morgan fingerprint density at radius 2 is 1.80 bits per heavy atom. The molecule has 10 heavy (non-hydrogen) atoms. The lowest BCUT2D eigenvalue weighted by atomic mass is 9.78. The summed E-state index contributed by atoms with van der Waals surface area (Å²) in [5.41, 5.74) is 5.82. The minimum absolute atomic E-state index is 0.116. The number of aliphatic hydroxyl groups excluding tert-OH is 1. The molecule has 1 rings (SSSR count). The summed E-state index contributed by atoms with van der Waals surface area (Å²) in [5, 5.41) is 9.41. The third kappa shape index (κ3) is 1.50. The fraction of sp³-hybridized carbons (Fsp3) is 1.00. The summed E-state index contributed by atoms with van der Waals surface area (Å²) in [5.74, 6) is 0.886. The van der Waals surface area contributed by atoms with Crippen molar-refractivity contribution < 1.29 is 5.11 Å². The van der Waals surface area contributed by atoms with E-state index in [0.29, 0.717) is 17.9 Å². The van der Waals surface area contributed by atoms with E-state index in [1.807, 2.05) is 0 Å². The average Bonchev–Trinajstić information content (AvgIpc) is 1.84. The standard InChI is InChI=1S/C8H17NO/c1-5-4-8(10)6(2)3-7(5)9/h5-8,10H,3-4,9H2,1-2H3. The molecule has 2 heteroatoms. The molecule has 0 aliphatic heterocycles. The molecule has 2 nitrogen and oxygen atoms in total. The molecule has 0 bridgehead atoms. The highest BCUT2D eigenvalue weighted by Crippen LogP contribution is 2.27. The molecule has 0 spiro atoms. The minimum Gasteiger partial charge on any atom is -0.393 e. The third-order valence-corrected chi connectivity index (χ3v) is 2.64. The van der Waals surface area contributed by atoms with E-state index >= 15 is 0 Å². The largest absolute Gasteiger partial charge is 0.393 e. The molecule has 0 aromatic rings. The topological polar surface area (TPSA) is 46.2 Å². The molecule has 1 fully saturated rings. The first-order chi connectivity index (χ1) is 4.61. The van der Waals surface area contributed by atoms with Gasteiger partial charge in [-0.05, 0) is 24.7 Å². The van der Waals surface area contributed by atoms with Crippen LogP contribution in [0.4, 0.5) is 0 Å². The predicted molar refractivity (Wildman–Crippen MR) is 41.5 cm³/mol. The van der Waals surface area contributed by atoms with Crippen LogP contribution in [0, 0.1) is 11.8 Å². The Kier molecular flexibility index (Phi) is 2.32. The normalized spacial score (nSPS) is 49.2. The second-order valence-corrected chi connectivity index (χ2v) is 3.66. The molecule has 0 aromatic heterocycles. The molecule has 0 amide bonds. The van der Waals surface area contributed by atoms with Gasteiger partial charge in [-0.2, -0.15) is 0 Å². The van der Waals surface area contributed by atoms with E-state index in [4.69, 9.17) is 5.73 Å². The molecule has 4 unspecified atom stereocenters. The lowest BCUT2D eigenvalue weighted by Crippen LogP contribution is -2.40. The second kappa shape index (κ2) is 2.89. The Labute approximate surface area is 62.4 Å². The van der Waals surface area contributed by atoms with E-state index in [0.717, 1.165) is 12.8 Å². The number of hydrogen-bond acceptors (Lipinski definition) is 2. The fourth-order valence-electron chi connectivity index (χ4n) is 1.61. The third-order valence-electron chi connectivity index (χ3n) is 2.64. The van der Waals surface area contributed by atoms with E-state index in [-0.39, 0.29) is 6.10 Å². The zero-order chi connectivity index (χ0) is 7.72. The van der Waals surface area contributed by atoms with Crippen LogP contribution in [0.5, 0.6) is 0 Å². The summed E-state index contributed by atoms with van der Waals surface area (Å²) in [7, 11) is 0. The first-order valence-corrected chi connectivity index (χ1v) is 4.05. The van der Waals surface area contributed by atoms with Crippen molar-refractivity contribution in [3.05, 3.63) is 0 Å². The van der Waals surface area contributed by atoms with Gasteiger partial charge in [-0.3, -0.25) is 0 Å². The Morgan fingerprint density at radius 3 is 2.30 bits per heavy atom. The van der Waals surface area contributed by atoms with E-state index in [1.165, 1.54) is 0 Å². The maximum absolute atomic E-state index is 9.41. The van der Waals surface area contributed by atoms with Gasteiger partial charge in [0, 0.05) is 6.04 Å². The van der Waals surface area contributed by atoms with E-state index in [9.17, 15) is 5.11 Å². The van der Waals surface area contributed by atoms with E-state index in [1.54, 1.807) is 0 Å². The molecule has 4 atom stereocenters. The quantitative estimate of drug-likeness (QED) is 0.525. The Bertz CT molecular complexity index is 89.8. The van der Waals surface area contributed by atoms with Crippen LogP contribution in [-0.4, -0.2) is 17.3 Å². The van der Waals surface area contributed by atoms with Crippen molar-refractivity contribution in [3.8, 4) is 0 Å². The van der Waals surface area contributed by atoms with Crippen molar-refractivity contribution in [3.63, 3.8) is 0 Å². The van der Waals surface area contributed by atoms with Gasteiger partial charge in [-0.25, -0.2) is 0 Å². The minimum atomic E-state index is -0.116. The van der Waals surface area contributed by atoms with Crippen LogP contribution in [0.15, 0.2) is 0 Å². The van der Waals surface area contributed by atoms with Gasteiger partial charge in [0.1, 0.15) is 0 Å². The van der Waals surface area contributed by atoms with Gasteiger partial charge in [0.15, 0.2) is 0 Å². The van der Waals surface area contributed by atoms with Crippen LogP contribution in [-0.2, 0) is 0 Å². The molecule has 1 aliphatic rings. The molecular formula is C8H17NO. The van der Waals surface area contributed by atoms with Gasteiger partial charge in [-0.1, -0.05) is 13.8 Å². The van der Waals surface area contributed by atoms with Crippen LogP contribution >= 0.6 is 0 Å². The van der Waals surface area contributed by atoms with Crippen molar-refractivity contribution in [2.24, 2.45) is 17.6 Å². The van der Waals surface area contributed by atoms with Crippen molar-refractivity contribution in [1.29, 1.82) is 0 Å². The number of nitrogens with two attached hydrogens (primary N) is 1. The average molecular weight is 143 g/mol. The van der Waals surface area contributed by atoms with E-state index in [2.05, 4.69) is 13.8 Å². The van der Waals surface area contributed by atoms with Gasteiger partial charge in [-0.15, -0.1) is 0 Å². The summed E-state index contributed by atoms with van der Waals surface area (Å²) < 4.78 is 0. The lowest BCUT2D eigenvalue weighted by molar-refractivity contribution is 0.0480. The van der Waals surface area contributed by atoms with Crippen molar-refractivity contribution in [2.45, 2.75) is 38.8 Å². The smallest absolute Gasteiger partial charge is 0.0569 e. The van der Waals surface area contributed by atoms with Gasteiger partial charge < -0.3 is 10.8 Å². The molecule has 0 saturated heterocycles. The van der Waals surface area contributed by atoms with Crippen LogP contribution in [0.2, 0.25) is 0 Å². The van der Waals surface area contributed by atoms with Crippen LogP contribution in [0.1, 0.15) is 26.7 Å². The Hall–Kier alpha value is -0.0800. The van der Waals surface area contributed by atoms with Crippen LogP contribution < -0.4 is 5.73 Å². The zero-order valence-corrected chi connectivity index (χ0v) is 6.75. The lowest BCUT2D eigenvalue weighted by Gasteiger charge is -2.33. The molecule has 60 valence electrons.